The van der Waals surface area contributed by atoms with Gasteiger partial charge in [-0.25, -0.2) is 0 Å². The summed E-state index contributed by atoms with van der Waals surface area (Å²) in [6.07, 6.45) is 2.19. The predicted molar refractivity (Wildman–Crippen MR) is 87.3 cm³/mol. The third-order valence-corrected chi connectivity index (χ3v) is 6.20. The summed E-state index contributed by atoms with van der Waals surface area (Å²) in [5.41, 5.74) is 0. The zero-order valence-electron chi connectivity index (χ0n) is 11.3. The summed E-state index contributed by atoms with van der Waals surface area (Å²) in [4.78, 5) is 23.3. The molecule has 0 spiro atoms. The molecule has 0 aromatic carbocycles. The molecule has 2 N–H and O–H groups in total. The minimum Gasteiger partial charge on any atom is -0.481 e. The van der Waals surface area contributed by atoms with Crippen molar-refractivity contribution in [2.45, 2.75) is 39.2 Å². The van der Waals surface area contributed by atoms with E-state index in [-0.39, 0.29) is 17.9 Å². The lowest BCUT2D eigenvalue weighted by Crippen LogP contribution is -2.32. The van der Waals surface area contributed by atoms with Gasteiger partial charge in [0.1, 0.15) is 0 Å². The Kier molecular flexibility index (Phi) is 7.19. The summed E-state index contributed by atoms with van der Waals surface area (Å²) in [6, 6.07) is 1.81. The smallest absolute Gasteiger partial charge is 0.306 e. The van der Waals surface area contributed by atoms with E-state index in [1.54, 1.807) is 13.0 Å². The number of carboxylic acid groups (broad SMARTS) is 1. The third kappa shape index (κ3) is 5.54. The van der Waals surface area contributed by atoms with E-state index in [2.05, 4.69) is 37.2 Å². The largest absolute Gasteiger partial charge is 0.481 e. The Hall–Kier alpha value is -0.400. The quantitative estimate of drug-likeness (QED) is 0.683. The molecule has 0 aliphatic rings. The van der Waals surface area contributed by atoms with Crippen molar-refractivity contribution in [2.75, 3.05) is 0 Å². The highest BCUT2D eigenvalue weighted by Gasteiger charge is 2.15. The number of amides is 1. The van der Waals surface area contributed by atoms with Crippen LogP contribution in [0.15, 0.2) is 14.3 Å². The maximum Gasteiger partial charge on any atom is 0.306 e. The first kappa shape index (κ1) is 17.7. The summed E-state index contributed by atoms with van der Waals surface area (Å²) in [7, 11) is 0. The molecule has 4 nitrogen and oxygen atoms in total. The molecule has 1 aromatic heterocycles. The second-order valence-electron chi connectivity index (χ2n) is 4.78. The number of aliphatic carboxylic acids is 1. The van der Waals surface area contributed by atoms with Crippen molar-refractivity contribution in [3.63, 3.8) is 0 Å². The molecule has 0 saturated heterocycles. The van der Waals surface area contributed by atoms with Gasteiger partial charge >= 0.3 is 5.97 Å². The Morgan fingerprint density at radius 1 is 1.35 bits per heavy atom. The van der Waals surface area contributed by atoms with E-state index >= 15 is 0 Å². The topological polar surface area (TPSA) is 66.4 Å². The molecule has 112 valence electrons. The maximum atomic E-state index is 12.0. The van der Waals surface area contributed by atoms with Crippen molar-refractivity contribution >= 4 is 55.1 Å². The number of carboxylic acids is 1. The number of halogens is 2. The molecule has 0 aliphatic heterocycles. The molecule has 0 bridgehead atoms. The SMILES string of the molecule is CC(CCCC(C)C(=O)O)NC(=O)c1cc(Br)c(Br)s1. The normalized spacial score (nSPS) is 13.8. The van der Waals surface area contributed by atoms with Crippen LogP contribution in [-0.4, -0.2) is 23.0 Å². The van der Waals surface area contributed by atoms with Crippen LogP contribution in [0.2, 0.25) is 0 Å². The van der Waals surface area contributed by atoms with Crippen LogP contribution in [0.4, 0.5) is 0 Å². The summed E-state index contributed by atoms with van der Waals surface area (Å²) in [5.74, 6) is -1.20. The van der Waals surface area contributed by atoms with Crippen LogP contribution < -0.4 is 5.32 Å². The number of carbonyl (C=O) groups excluding carboxylic acids is 1. The molecule has 0 saturated carbocycles. The lowest BCUT2D eigenvalue weighted by atomic mass is 10.0. The summed E-state index contributed by atoms with van der Waals surface area (Å²) in [5, 5.41) is 11.7. The van der Waals surface area contributed by atoms with E-state index in [0.717, 1.165) is 21.1 Å². The van der Waals surface area contributed by atoms with Gasteiger partial charge in [-0.05, 0) is 57.7 Å². The van der Waals surface area contributed by atoms with E-state index in [0.29, 0.717) is 11.3 Å². The molecule has 0 fully saturated rings. The van der Waals surface area contributed by atoms with Crippen molar-refractivity contribution in [2.24, 2.45) is 5.92 Å². The van der Waals surface area contributed by atoms with Gasteiger partial charge in [0, 0.05) is 10.5 Å². The molecule has 0 aliphatic carbocycles. The van der Waals surface area contributed by atoms with Crippen LogP contribution in [0.1, 0.15) is 42.8 Å². The maximum absolute atomic E-state index is 12.0. The van der Waals surface area contributed by atoms with Gasteiger partial charge in [-0.15, -0.1) is 11.3 Å². The second kappa shape index (κ2) is 8.14. The molecule has 1 rings (SSSR count). The van der Waals surface area contributed by atoms with Crippen molar-refractivity contribution in [3.8, 4) is 0 Å². The molecule has 1 amide bonds. The third-order valence-electron chi connectivity index (χ3n) is 2.94. The lowest BCUT2D eigenvalue weighted by molar-refractivity contribution is -0.141. The average molecular weight is 427 g/mol. The van der Waals surface area contributed by atoms with Crippen LogP contribution >= 0.6 is 43.2 Å². The van der Waals surface area contributed by atoms with Gasteiger partial charge in [0.2, 0.25) is 0 Å². The Morgan fingerprint density at radius 3 is 2.50 bits per heavy atom. The molecule has 1 aromatic rings. The van der Waals surface area contributed by atoms with Crippen LogP contribution in [0.3, 0.4) is 0 Å². The van der Waals surface area contributed by atoms with E-state index in [9.17, 15) is 9.59 Å². The summed E-state index contributed by atoms with van der Waals surface area (Å²) < 4.78 is 1.76. The fraction of sp³-hybridized carbons (Fsp3) is 0.538. The van der Waals surface area contributed by atoms with E-state index < -0.39 is 5.97 Å². The van der Waals surface area contributed by atoms with Gasteiger partial charge < -0.3 is 10.4 Å². The van der Waals surface area contributed by atoms with Crippen LogP contribution in [0.5, 0.6) is 0 Å². The average Bonchev–Trinajstić information content (AvgIpc) is 2.69. The summed E-state index contributed by atoms with van der Waals surface area (Å²) in [6.45, 7) is 3.63. The molecule has 20 heavy (non-hydrogen) atoms. The number of rotatable bonds is 7. The highest BCUT2D eigenvalue weighted by atomic mass is 79.9. The van der Waals surface area contributed by atoms with Crippen LogP contribution in [0, 0.1) is 5.92 Å². The molecule has 0 radical (unpaired) electrons. The Labute approximate surface area is 139 Å². The fourth-order valence-corrected chi connectivity index (χ4v) is 3.62. The minimum absolute atomic E-state index is 0.0307. The van der Waals surface area contributed by atoms with Crippen molar-refractivity contribution in [3.05, 3.63) is 19.2 Å². The van der Waals surface area contributed by atoms with Crippen molar-refractivity contribution < 1.29 is 14.7 Å². The Balaban J connectivity index is 2.37. The number of hydrogen-bond donors (Lipinski definition) is 2. The van der Waals surface area contributed by atoms with Gasteiger partial charge in [0.25, 0.3) is 5.91 Å². The van der Waals surface area contributed by atoms with Gasteiger partial charge in [0.05, 0.1) is 14.6 Å². The second-order valence-corrected chi connectivity index (χ2v) is 8.00. The van der Waals surface area contributed by atoms with Crippen molar-refractivity contribution in [1.29, 1.82) is 0 Å². The van der Waals surface area contributed by atoms with Crippen LogP contribution in [0.25, 0.3) is 0 Å². The molecular formula is C13H17Br2NO3S. The van der Waals surface area contributed by atoms with Crippen molar-refractivity contribution in [1.82, 2.24) is 5.32 Å². The Bertz CT molecular complexity index is 470. The van der Waals surface area contributed by atoms with Crippen LogP contribution in [-0.2, 0) is 4.79 Å². The minimum atomic E-state index is -0.769. The first-order chi connectivity index (χ1) is 9.31. The number of thiophene rings is 1. The highest BCUT2D eigenvalue weighted by molar-refractivity contribution is 9.13. The molecule has 2 unspecified atom stereocenters. The summed E-state index contributed by atoms with van der Waals surface area (Å²) >= 11 is 8.09. The lowest BCUT2D eigenvalue weighted by Gasteiger charge is -2.13. The highest BCUT2D eigenvalue weighted by Crippen LogP contribution is 2.32. The molecule has 7 heteroatoms. The first-order valence-electron chi connectivity index (χ1n) is 6.29. The van der Waals surface area contributed by atoms with Gasteiger partial charge in [0.15, 0.2) is 0 Å². The Morgan fingerprint density at radius 2 is 2.00 bits per heavy atom. The monoisotopic (exact) mass is 425 g/mol. The first-order valence-corrected chi connectivity index (χ1v) is 8.70. The van der Waals surface area contributed by atoms with E-state index in [1.807, 2.05) is 6.92 Å². The van der Waals surface area contributed by atoms with Gasteiger partial charge in [-0.3, -0.25) is 9.59 Å². The van der Waals surface area contributed by atoms with Gasteiger partial charge in [-0.1, -0.05) is 13.3 Å². The van der Waals surface area contributed by atoms with E-state index in [4.69, 9.17) is 5.11 Å². The number of carbonyl (C=O) groups is 2. The molecule has 2 atom stereocenters. The number of nitrogens with one attached hydrogen (secondary N) is 1. The van der Waals surface area contributed by atoms with Gasteiger partial charge in [-0.2, -0.15) is 0 Å². The fourth-order valence-electron chi connectivity index (χ4n) is 1.68. The standard InChI is InChI=1S/C13H17Br2NO3S/c1-7(13(18)19)4-3-5-8(2)16-12(17)10-6-9(14)11(15)20-10/h6-8H,3-5H2,1-2H3,(H,16,17)(H,18,19). The predicted octanol–water partition coefficient (Wildman–Crippen LogP) is 4.28. The molecule has 1 heterocycles. The zero-order valence-corrected chi connectivity index (χ0v) is 15.3. The van der Waals surface area contributed by atoms with E-state index in [1.165, 1.54) is 11.3 Å². The zero-order chi connectivity index (χ0) is 15.3. The molecular weight excluding hydrogens is 410 g/mol. The number of hydrogen-bond acceptors (Lipinski definition) is 3.